The Bertz CT molecular complexity index is 981. The number of ketones is 1. The fraction of sp³-hybridized carbons (Fsp3) is 0.0455. The van der Waals surface area contributed by atoms with Gasteiger partial charge in [-0.3, -0.25) is 14.4 Å². The first-order valence-corrected chi connectivity index (χ1v) is 8.55. The van der Waals surface area contributed by atoms with Crippen LogP contribution in [0.1, 0.15) is 31.1 Å². The molecule has 0 unspecified atom stereocenters. The number of anilines is 1. The normalized spacial score (nSPS) is 10.1. The lowest BCUT2D eigenvalue weighted by Gasteiger charge is -2.08. The Balaban J connectivity index is 1.56. The van der Waals surface area contributed by atoms with Crippen molar-refractivity contribution in [3.05, 3.63) is 95.6 Å². The number of primary amides is 1. The minimum atomic E-state index is -0.526. The van der Waals surface area contributed by atoms with E-state index in [-0.39, 0.29) is 18.3 Å². The van der Waals surface area contributed by atoms with E-state index in [1.165, 1.54) is 12.1 Å². The summed E-state index contributed by atoms with van der Waals surface area (Å²) in [5, 5.41) is 2.78. The maximum absolute atomic E-state index is 12.3. The number of hydrogen-bond acceptors (Lipinski definition) is 4. The molecule has 3 aromatic rings. The number of carbonyl (C=O) groups excluding carboxylic acids is 3. The summed E-state index contributed by atoms with van der Waals surface area (Å²) in [6, 6.07) is 21.7. The smallest absolute Gasteiger partial charge is 0.255 e. The van der Waals surface area contributed by atoms with Crippen molar-refractivity contribution in [3.63, 3.8) is 0 Å². The number of Topliss-reactive ketones (excluding diaryl/α,β-unsaturated/α-hetero) is 1. The van der Waals surface area contributed by atoms with Gasteiger partial charge < -0.3 is 15.8 Å². The first-order valence-electron chi connectivity index (χ1n) is 8.55. The Kier molecular flexibility index (Phi) is 5.81. The third-order valence-electron chi connectivity index (χ3n) is 4.01. The fourth-order valence-corrected chi connectivity index (χ4v) is 2.48. The van der Waals surface area contributed by atoms with Crippen molar-refractivity contribution in [2.24, 2.45) is 5.73 Å². The van der Waals surface area contributed by atoms with Crippen LogP contribution in [0.15, 0.2) is 78.9 Å². The Morgan fingerprint density at radius 2 is 1.36 bits per heavy atom. The average molecular weight is 374 g/mol. The first-order chi connectivity index (χ1) is 13.5. The minimum absolute atomic E-state index is 0.147. The van der Waals surface area contributed by atoms with Crippen molar-refractivity contribution in [1.82, 2.24) is 0 Å². The lowest BCUT2D eigenvalue weighted by molar-refractivity contribution is 0.0920. The van der Waals surface area contributed by atoms with E-state index in [2.05, 4.69) is 5.32 Å². The highest BCUT2D eigenvalue weighted by molar-refractivity contribution is 6.04. The molecule has 0 aliphatic carbocycles. The zero-order valence-electron chi connectivity index (χ0n) is 14.9. The number of nitrogens with two attached hydrogens (primary N) is 1. The van der Waals surface area contributed by atoms with Crippen LogP contribution < -0.4 is 15.8 Å². The predicted octanol–water partition coefficient (Wildman–Crippen LogP) is 3.30. The third kappa shape index (κ3) is 4.82. The van der Waals surface area contributed by atoms with Crippen LogP contribution >= 0.6 is 0 Å². The van der Waals surface area contributed by atoms with Crippen LogP contribution in [0.2, 0.25) is 0 Å². The van der Waals surface area contributed by atoms with Crippen LogP contribution in [0.3, 0.4) is 0 Å². The molecule has 0 aromatic heterocycles. The van der Waals surface area contributed by atoms with Gasteiger partial charge in [-0.2, -0.15) is 0 Å². The molecule has 0 saturated carbocycles. The number of carbonyl (C=O) groups is 3. The Morgan fingerprint density at radius 1 is 0.750 bits per heavy atom. The van der Waals surface area contributed by atoms with Gasteiger partial charge in [0.25, 0.3) is 5.91 Å². The van der Waals surface area contributed by atoms with Gasteiger partial charge in [-0.25, -0.2) is 0 Å². The fourth-order valence-electron chi connectivity index (χ4n) is 2.48. The van der Waals surface area contributed by atoms with Crippen molar-refractivity contribution in [1.29, 1.82) is 0 Å². The number of hydrogen-bond donors (Lipinski definition) is 2. The van der Waals surface area contributed by atoms with E-state index in [1.807, 2.05) is 6.07 Å². The Morgan fingerprint density at radius 3 is 1.96 bits per heavy atom. The van der Waals surface area contributed by atoms with Gasteiger partial charge in [0.15, 0.2) is 12.4 Å². The third-order valence-corrected chi connectivity index (χ3v) is 4.01. The molecule has 6 heteroatoms. The van der Waals surface area contributed by atoms with E-state index in [0.717, 1.165) is 0 Å². The zero-order chi connectivity index (χ0) is 19.9. The molecular formula is C22H18N2O4. The van der Waals surface area contributed by atoms with E-state index in [9.17, 15) is 14.4 Å². The summed E-state index contributed by atoms with van der Waals surface area (Å²) in [6.45, 7) is -0.147. The van der Waals surface area contributed by atoms with Crippen LogP contribution in [-0.4, -0.2) is 24.2 Å². The van der Waals surface area contributed by atoms with Gasteiger partial charge in [0.05, 0.1) is 0 Å². The van der Waals surface area contributed by atoms with Gasteiger partial charge >= 0.3 is 0 Å². The monoisotopic (exact) mass is 374 g/mol. The summed E-state index contributed by atoms with van der Waals surface area (Å²) < 4.78 is 5.44. The van der Waals surface area contributed by atoms with Crippen LogP contribution in [-0.2, 0) is 0 Å². The van der Waals surface area contributed by atoms with E-state index in [4.69, 9.17) is 10.5 Å². The highest BCUT2D eigenvalue weighted by atomic mass is 16.5. The molecule has 6 nitrogen and oxygen atoms in total. The molecule has 0 aliphatic heterocycles. The maximum atomic E-state index is 12.3. The van der Waals surface area contributed by atoms with Crippen molar-refractivity contribution >= 4 is 23.3 Å². The van der Waals surface area contributed by atoms with E-state index < -0.39 is 5.91 Å². The topological polar surface area (TPSA) is 98.5 Å². The van der Waals surface area contributed by atoms with Crippen molar-refractivity contribution in [2.75, 3.05) is 11.9 Å². The molecular weight excluding hydrogens is 356 g/mol. The summed E-state index contributed by atoms with van der Waals surface area (Å²) >= 11 is 0. The molecule has 3 aromatic carbocycles. The van der Waals surface area contributed by atoms with Gasteiger partial charge in [0.1, 0.15) is 5.75 Å². The maximum Gasteiger partial charge on any atom is 0.255 e. The zero-order valence-corrected chi connectivity index (χ0v) is 14.9. The number of amides is 2. The van der Waals surface area contributed by atoms with E-state index in [1.54, 1.807) is 60.7 Å². The van der Waals surface area contributed by atoms with Gasteiger partial charge in [0, 0.05) is 22.4 Å². The van der Waals surface area contributed by atoms with Crippen LogP contribution in [0.4, 0.5) is 5.69 Å². The molecule has 0 spiro atoms. The first kappa shape index (κ1) is 18.8. The second-order valence-electron chi connectivity index (χ2n) is 6.00. The SMILES string of the molecule is NC(=O)c1ccc(OCC(=O)c2ccc(NC(=O)c3ccccc3)cc2)cc1. The molecule has 0 aliphatic rings. The second-order valence-corrected chi connectivity index (χ2v) is 6.00. The summed E-state index contributed by atoms with van der Waals surface area (Å²) in [5.74, 6) is -0.491. The average Bonchev–Trinajstić information content (AvgIpc) is 2.73. The van der Waals surface area contributed by atoms with Gasteiger partial charge in [-0.15, -0.1) is 0 Å². The quantitative estimate of drug-likeness (QED) is 0.620. The summed E-state index contributed by atoms with van der Waals surface area (Å²) in [5.41, 5.74) is 7.15. The Hall–Kier alpha value is -3.93. The van der Waals surface area contributed by atoms with E-state index >= 15 is 0 Å². The molecule has 0 fully saturated rings. The van der Waals surface area contributed by atoms with Gasteiger partial charge in [-0.05, 0) is 60.7 Å². The molecule has 0 atom stereocenters. The number of nitrogens with one attached hydrogen (secondary N) is 1. The van der Waals surface area contributed by atoms with Crippen LogP contribution in [0.25, 0.3) is 0 Å². The molecule has 3 rings (SSSR count). The highest BCUT2D eigenvalue weighted by Crippen LogP contribution is 2.15. The van der Waals surface area contributed by atoms with Crippen LogP contribution in [0.5, 0.6) is 5.75 Å². The van der Waals surface area contributed by atoms with Crippen molar-refractivity contribution in [2.45, 2.75) is 0 Å². The summed E-state index contributed by atoms with van der Waals surface area (Å²) in [4.78, 5) is 35.4. The molecule has 0 heterocycles. The number of ether oxygens (including phenoxy) is 1. The number of rotatable bonds is 7. The van der Waals surface area contributed by atoms with Crippen molar-refractivity contribution < 1.29 is 19.1 Å². The van der Waals surface area contributed by atoms with Gasteiger partial charge in [-0.1, -0.05) is 18.2 Å². The van der Waals surface area contributed by atoms with Crippen LogP contribution in [0, 0.1) is 0 Å². The second kappa shape index (κ2) is 8.64. The minimum Gasteiger partial charge on any atom is -0.485 e. The molecule has 3 N–H and O–H groups in total. The summed E-state index contributed by atoms with van der Waals surface area (Å²) in [6.07, 6.45) is 0. The molecule has 140 valence electrons. The lowest BCUT2D eigenvalue weighted by atomic mass is 10.1. The largest absolute Gasteiger partial charge is 0.485 e. The van der Waals surface area contributed by atoms with Gasteiger partial charge in [0.2, 0.25) is 5.91 Å². The molecule has 0 radical (unpaired) electrons. The van der Waals surface area contributed by atoms with E-state index in [0.29, 0.717) is 28.1 Å². The highest BCUT2D eigenvalue weighted by Gasteiger charge is 2.09. The lowest BCUT2D eigenvalue weighted by Crippen LogP contribution is -2.13. The Labute approximate surface area is 161 Å². The molecule has 0 bridgehead atoms. The number of benzene rings is 3. The predicted molar refractivity (Wildman–Crippen MR) is 106 cm³/mol. The molecule has 2 amide bonds. The summed E-state index contributed by atoms with van der Waals surface area (Å²) in [7, 11) is 0. The standard InChI is InChI=1S/C22H18N2O4/c23-21(26)16-8-12-19(13-9-16)28-14-20(25)15-6-10-18(11-7-15)24-22(27)17-4-2-1-3-5-17/h1-13H,14H2,(H2,23,26)(H,24,27). The van der Waals surface area contributed by atoms with Crippen molar-refractivity contribution in [3.8, 4) is 5.75 Å². The molecule has 0 saturated heterocycles. The molecule has 28 heavy (non-hydrogen) atoms.